The third kappa shape index (κ3) is 4.75. The highest BCUT2D eigenvalue weighted by molar-refractivity contribution is 7.13. The Morgan fingerprint density at radius 3 is 2.64 bits per heavy atom. The van der Waals surface area contributed by atoms with Crippen LogP contribution in [0.4, 0.5) is 0 Å². The predicted octanol–water partition coefficient (Wildman–Crippen LogP) is 4.52. The van der Waals surface area contributed by atoms with Gasteiger partial charge >= 0.3 is 0 Å². The summed E-state index contributed by atoms with van der Waals surface area (Å²) in [4.78, 5) is 33.7. The number of hydrogen-bond acceptors (Lipinski definition) is 4. The molecule has 4 N–H and O–H groups in total. The van der Waals surface area contributed by atoms with E-state index in [9.17, 15) is 9.59 Å². The van der Waals surface area contributed by atoms with Crippen LogP contribution in [0.15, 0.2) is 47.4 Å². The molecule has 0 radical (unpaired) electrons. The number of thiazole rings is 1. The molecule has 0 saturated heterocycles. The van der Waals surface area contributed by atoms with Crippen LogP contribution in [0.1, 0.15) is 41.9 Å². The largest absolute Gasteiger partial charge is 0.366 e. The second-order valence-corrected chi connectivity index (χ2v) is 6.93. The molecule has 3 heterocycles. The molecule has 0 bridgehead atoms. The molecule has 0 unspecified atom stereocenters. The minimum atomic E-state index is -0.604. The fourth-order valence-corrected chi connectivity index (χ4v) is 3.27. The highest BCUT2D eigenvalue weighted by Crippen LogP contribution is 2.31. The maximum atomic E-state index is 12.1. The van der Waals surface area contributed by atoms with Crippen molar-refractivity contribution in [2.75, 3.05) is 0 Å². The number of carbonyl (C=O) groups is 1. The lowest BCUT2D eigenvalue weighted by atomic mass is 10.1. The van der Waals surface area contributed by atoms with Crippen LogP contribution in [0.3, 0.4) is 0 Å². The topological polar surface area (TPSA) is 105 Å². The number of pyridine rings is 1. The number of carbonyl (C=O) groups excluding carboxylic acids is 1. The summed E-state index contributed by atoms with van der Waals surface area (Å²) in [7, 11) is 0. The van der Waals surface area contributed by atoms with Crippen molar-refractivity contribution in [3.63, 3.8) is 0 Å². The number of nitrogens with one attached hydrogen (secondary N) is 2. The van der Waals surface area contributed by atoms with Gasteiger partial charge in [-0.15, -0.1) is 11.3 Å². The van der Waals surface area contributed by atoms with Crippen LogP contribution in [0.25, 0.3) is 27.9 Å². The maximum absolute atomic E-state index is 12.1. The molecular weight excluding hydrogens is 372 g/mol. The van der Waals surface area contributed by atoms with E-state index in [2.05, 4.69) is 35.4 Å². The number of amides is 1. The molecule has 28 heavy (non-hydrogen) atoms. The molecule has 3 aromatic rings. The first-order valence-electron chi connectivity index (χ1n) is 8.88. The molecule has 0 atom stereocenters. The molecule has 0 fully saturated rings. The zero-order valence-electron chi connectivity index (χ0n) is 16.2. The molecule has 0 spiro atoms. The van der Waals surface area contributed by atoms with Crippen molar-refractivity contribution in [3.8, 4) is 21.8 Å². The van der Waals surface area contributed by atoms with Crippen LogP contribution in [-0.2, 0) is 0 Å². The standard InChI is InChI=1S/C18H16N4O2S.C3H8/c1-3-4-5-12-10(2)20-8-14(12)15-9-25-18(22-15)13-6-11(16(19)23)7-21-17(13)24;1-3-2/h3-9,20H,1H2,2H3,(H2,19,23)(H,21,24);3H2,1-2H3/b5-4-;. The van der Waals surface area contributed by atoms with Crippen molar-refractivity contribution in [2.45, 2.75) is 27.2 Å². The molecule has 0 aliphatic carbocycles. The molecule has 7 heteroatoms. The normalized spacial score (nSPS) is 10.5. The molecular formula is C21H24N4O2S. The number of allylic oxidation sites excluding steroid dienone is 2. The SMILES string of the molecule is C=C/C=C\c1c(-c2csc(-c3cc(C(N)=O)c[nH]c3=O)n2)c[nH]c1C.CCC. The van der Waals surface area contributed by atoms with Crippen LogP contribution < -0.4 is 11.3 Å². The van der Waals surface area contributed by atoms with Gasteiger partial charge in [-0.1, -0.05) is 45.1 Å². The predicted molar refractivity (Wildman–Crippen MR) is 116 cm³/mol. The van der Waals surface area contributed by atoms with Gasteiger partial charge in [0.15, 0.2) is 0 Å². The number of hydrogen-bond donors (Lipinski definition) is 3. The van der Waals surface area contributed by atoms with E-state index >= 15 is 0 Å². The number of nitrogens with two attached hydrogens (primary N) is 1. The lowest BCUT2D eigenvalue weighted by Gasteiger charge is -1.99. The van der Waals surface area contributed by atoms with Crippen molar-refractivity contribution in [1.29, 1.82) is 0 Å². The van der Waals surface area contributed by atoms with Crippen LogP contribution in [0.5, 0.6) is 0 Å². The number of H-pyrrole nitrogens is 2. The summed E-state index contributed by atoms with van der Waals surface area (Å²) < 4.78 is 0. The van der Waals surface area contributed by atoms with Crippen LogP contribution in [0, 0.1) is 6.92 Å². The summed E-state index contributed by atoms with van der Waals surface area (Å²) in [6.45, 7) is 9.90. The molecule has 6 nitrogen and oxygen atoms in total. The molecule has 146 valence electrons. The highest BCUT2D eigenvalue weighted by Gasteiger charge is 2.15. The van der Waals surface area contributed by atoms with Crippen LogP contribution in [-0.4, -0.2) is 20.9 Å². The first kappa shape index (κ1) is 21.1. The third-order valence-corrected chi connectivity index (χ3v) is 4.60. The van der Waals surface area contributed by atoms with Crippen molar-refractivity contribution < 1.29 is 4.79 Å². The summed E-state index contributed by atoms with van der Waals surface area (Å²) in [6.07, 6.45) is 9.94. The van der Waals surface area contributed by atoms with Gasteiger partial charge in [0.05, 0.1) is 16.8 Å². The van der Waals surface area contributed by atoms with Gasteiger partial charge in [-0.25, -0.2) is 4.98 Å². The average molecular weight is 397 g/mol. The molecule has 0 aliphatic heterocycles. The van der Waals surface area contributed by atoms with Gasteiger partial charge in [0.1, 0.15) is 5.01 Å². The number of aromatic amines is 2. The van der Waals surface area contributed by atoms with Gasteiger partial charge in [0.2, 0.25) is 5.91 Å². The fourth-order valence-electron chi connectivity index (χ4n) is 2.43. The Kier molecular flexibility index (Phi) is 7.28. The third-order valence-electron chi connectivity index (χ3n) is 3.72. The van der Waals surface area contributed by atoms with Gasteiger partial charge in [0, 0.05) is 34.6 Å². The Morgan fingerprint density at radius 2 is 2.00 bits per heavy atom. The van der Waals surface area contributed by atoms with Crippen molar-refractivity contribution in [1.82, 2.24) is 15.0 Å². The Labute approximate surface area is 167 Å². The molecule has 0 aliphatic rings. The van der Waals surface area contributed by atoms with Crippen molar-refractivity contribution in [3.05, 3.63) is 69.7 Å². The minimum Gasteiger partial charge on any atom is -0.366 e. The Balaban J connectivity index is 0.000000878. The zero-order chi connectivity index (χ0) is 20.7. The highest BCUT2D eigenvalue weighted by atomic mass is 32.1. The van der Waals surface area contributed by atoms with E-state index in [1.165, 1.54) is 30.0 Å². The summed E-state index contributed by atoms with van der Waals surface area (Å²) in [5.41, 5.74) is 9.22. The summed E-state index contributed by atoms with van der Waals surface area (Å²) in [5, 5.41) is 2.40. The Morgan fingerprint density at radius 1 is 1.29 bits per heavy atom. The first-order chi connectivity index (χ1) is 13.4. The summed E-state index contributed by atoms with van der Waals surface area (Å²) >= 11 is 1.33. The van der Waals surface area contributed by atoms with Crippen LogP contribution >= 0.6 is 11.3 Å². The number of nitrogens with zero attached hydrogens (tertiary/aromatic N) is 1. The Bertz CT molecular complexity index is 1060. The monoisotopic (exact) mass is 396 g/mol. The van der Waals surface area contributed by atoms with Crippen molar-refractivity contribution >= 4 is 23.3 Å². The van der Waals surface area contributed by atoms with E-state index in [1.807, 2.05) is 30.7 Å². The van der Waals surface area contributed by atoms with Gasteiger partial charge in [-0.3, -0.25) is 9.59 Å². The van der Waals surface area contributed by atoms with Gasteiger partial charge in [-0.2, -0.15) is 0 Å². The zero-order valence-corrected chi connectivity index (χ0v) is 17.0. The number of aromatic nitrogens is 3. The molecule has 3 aromatic heterocycles. The second kappa shape index (κ2) is 9.66. The van der Waals surface area contributed by atoms with Crippen molar-refractivity contribution in [2.24, 2.45) is 5.73 Å². The van der Waals surface area contributed by atoms with E-state index < -0.39 is 5.91 Å². The lowest BCUT2D eigenvalue weighted by Crippen LogP contribution is -2.16. The summed E-state index contributed by atoms with van der Waals surface area (Å²) in [5.74, 6) is -0.604. The second-order valence-electron chi connectivity index (χ2n) is 6.08. The van der Waals surface area contributed by atoms with E-state index in [1.54, 1.807) is 6.08 Å². The van der Waals surface area contributed by atoms with Gasteiger partial charge in [0.25, 0.3) is 5.56 Å². The lowest BCUT2D eigenvalue weighted by molar-refractivity contribution is 0.1000. The van der Waals surface area contributed by atoms with Crippen LogP contribution in [0.2, 0.25) is 0 Å². The summed E-state index contributed by atoms with van der Waals surface area (Å²) in [6, 6.07) is 1.46. The molecule has 0 aromatic carbocycles. The van der Waals surface area contributed by atoms with E-state index in [-0.39, 0.29) is 11.1 Å². The fraction of sp³-hybridized carbons (Fsp3) is 0.190. The quantitative estimate of drug-likeness (QED) is 0.552. The molecule has 3 rings (SSSR count). The average Bonchev–Trinajstić information content (AvgIpc) is 3.27. The van der Waals surface area contributed by atoms with E-state index in [0.717, 1.165) is 22.5 Å². The van der Waals surface area contributed by atoms with E-state index in [0.29, 0.717) is 10.6 Å². The number of aryl methyl sites for hydroxylation is 1. The Hall–Kier alpha value is -3.19. The van der Waals surface area contributed by atoms with E-state index in [4.69, 9.17) is 5.73 Å². The smallest absolute Gasteiger partial charge is 0.258 e. The number of rotatable bonds is 5. The van der Waals surface area contributed by atoms with Gasteiger partial charge in [-0.05, 0) is 13.0 Å². The minimum absolute atomic E-state index is 0.235. The maximum Gasteiger partial charge on any atom is 0.258 e. The first-order valence-corrected chi connectivity index (χ1v) is 9.76. The van der Waals surface area contributed by atoms with Gasteiger partial charge < -0.3 is 15.7 Å². The molecule has 0 saturated carbocycles. The molecule has 1 amide bonds. The number of primary amides is 1.